The number of nitrogens with zero attached hydrogens (tertiary/aromatic N) is 2. The first kappa shape index (κ1) is 17.7. The Bertz CT molecular complexity index is 468. The topological polar surface area (TPSA) is 85.2 Å². The number of rotatable bonds is 5. The lowest BCUT2D eigenvalue weighted by Crippen LogP contribution is -2.43. The Morgan fingerprint density at radius 2 is 2.00 bits per heavy atom. The van der Waals surface area contributed by atoms with Crippen molar-refractivity contribution >= 4 is 11.8 Å². The van der Waals surface area contributed by atoms with E-state index in [0.717, 1.165) is 6.54 Å². The third-order valence-corrected chi connectivity index (χ3v) is 5.17. The van der Waals surface area contributed by atoms with Crippen LogP contribution in [0, 0.1) is 23.2 Å². The summed E-state index contributed by atoms with van der Waals surface area (Å²) in [4.78, 5) is 26.1. The van der Waals surface area contributed by atoms with Crippen molar-refractivity contribution in [2.24, 2.45) is 11.8 Å². The van der Waals surface area contributed by atoms with E-state index in [0.29, 0.717) is 12.3 Å². The van der Waals surface area contributed by atoms with Crippen molar-refractivity contribution in [1.29, 1.82) is 5.26 Å². The summed E-state index contributed by atoms with van der Waals surface area (Å²) < 4.78 is 0. The van der Waals surface area contributed by atoms with Crippen LogP contribution in [0.15, 0.2) is 0 Å². The summed E-state index contributed by atoms with van der Waals surface area (Å²) in [5, 5.41) is 15.0. The smallest absolute Gasteiger partial charge is 0.240 e. The van der Waals surface area contributed by atoms with Crippen molar-refractivity contribution in [2.75, 3.05) is 20.1 Å². The summed E-state index contributed by atoms with van der Waals surface area (Å²) in [6, 6.07) is 1.58. The van der Waals surface area contributed by atoms with E-state index < -0.39 is 0 Å². The zero-order valence-electron chi connectivity index (χ0n) is 14.2. The van der Waals surface area contributed by atoms with Crippen LogP contribution in [0.1, 0.15) is 45.4 Å². The first-order valence-corrected chi connectivity index (χ1v) is 8.68. The van der Waals surface area contributed by atoms with E-state index in [9.17, 15) is 9.59 Å². The minimum Gasteiger partial charge on any atom is -0.356 e. The fourth-order valence-corrected chi connectivity index (χ4v) is 3.68. The summed E-state index contributed by atoms with van der Waals surface area (Å²) in [7, 11) is 1.62. The second-order valence-electron chi connectivity index (χ2n) is 6.95. The number of hydrogen-bond donors (Lipinski definition) is 2. The normalized spacial score (nSPS) is 28.1. The fourth-order valence-electron chi connectivity index (χ4n) is 3.68. The lowest BCUT2D eigenvalue weighted by Gasteiger charge is -2.23. The maximum atomic E-state index is 12.4. The van der Waals surface area contributed by atoms with Crippen molar-refractivity contribution in [3.63, 3.8) is 0 Å². The molecule has 2 N–H and O–H groups in total. The number of nitriles is 1. The summed E-state index contributed by atoms with van der Waals surface area (Å²) >= 11 is 0. The van der Waals surface area contributed by atoms with E-state index in [1.54, 1.807) is 7.05 Å². The van der Waals surface area contributed by atoms with Gasteiger partial charge in [-0.3, -0.25) is 9.59 Å². The molecular formula is C17H28N4O2. The molecule has 0 spiro atoms. The predicted octanol–water partition coefficient (Wildman–Crippen LogP) is 1.03. The third-order valence-electron chi connectivity index (χ3n) is 5.17. The van der Waals surface area contributed by atoms with Crippen molar-refractivity contribution in [2.45, 2.75) is 57.5 Å². The van der Waals surface area contributed by atoms with E-state index in [1.165, 1.54) is 37.0 Å². The quantitative estimate of drug-likeness (QED) is 0.741. The maximum Gasteiger partial charge on any atom is 0.240 e. The van der Waals surface area contributed by atoms with Crippen LogP contribution in [0.2, 0.25) is 0 Å². The van der Waals surface area contributed by atoms with Crippen molar-refractivity contribution in [1.82, 2.24) is 15.5 Å². The first-order valence-electron chi connectivity index (χ1n) is 8.68. The van der Waals surface area contributed by atoms with Gasteiger partial charge in [0.25, 0.3) is 0 Å². The highest BCUT2D eigenvalue weighted by Crippen LogP contribution is 2.24. The van der Waals surface area contributed by atoms with Gasteiger partial charge in [0.05, 0.1) is 18.0 Å². The van der Waals surface area contributed by atoms with Crippen LogP contribution in [0.4, 0.5) is 0 Å². The second kappa shape index (κ2) is 8.30. The molecule has 6 heteroatoms. The van der Waals surface area contributed by atoms with Crippen LogP contribution in [0.25, 0.3) is 0 Å². The Hall–Kier alpha value is -1.61. The van der Waals surface area contributed by atoms with Crippen LogP contribution in [0.3, 0.4) is 0 Å². The highest BCUT2D eigenvalue weighted by molar-refractivity contribution is 5.86. The van der Waals surface area contributed by atoms with Gasteiger partial charge in [0, 0.05) is 19.6 Å². The number of carbonyl (C=O) groups excluding carboxylic acids is 2. The highest BCUT2D eigenvalue weighted by Gasteiger charge is 2.39. The molecule has 0 unspecified atom stereocenters. The Morgan fingerprint density at radius 3 is 2.65 bits per heavy atom. The molecule has 1 aliphatic carbocycles. The molecule has 2 fully saturated rings. The minimum absolute atomic E-state index is 0.0224. The number of likely N-dealkylation sites (N-methyl/N-ethyl adjacent to an activating group) is 1. The zero-order chi connectivity index (χ0) is 16.8. The maximum absolute atomic E-state index is 12.4. The van der Waals surface area contributed by atoms with Gasteiger partial charge in [-0.25, -0.2) is 0 Å². The van der Waals surface area contributed by atoms with E-state index in [4.69, 9.17) is 5.26 Å². The van der Waals surface area contributed by atoms with E-state index in [-0.39, 0.29) is 36.4 Å². The van der Waals surface area contributed by atoms with Gasteiger partial charge >= 0.3 is 0 Å². The van der Waals surface area contributed by atoms with Gasteiger partial charge < -0.3 is 15.5 Å². The largest absolute Gasteiger partial charge is 0.356 e. The van der Waals surface area contributed by atoms with Crippen molar-refractivity contribution in [3.05, 3.63) is 0 Å². The summed E-state index contributed by atoms with van der Waals surface area (Å²) in [5.74, 6) is 0.370. The van der Waals surface area contributed by atoms with Crippen molar-refractivity contribution in [3.8, 4) is 6.07 Å². The molecule has 3 atom stereocenters. The molecule has 2 aliphatic rings. The Balaban J connectivity index is 1.81. The van der Waals surface area contributed by atoms with Crippen LogP contribution in [-0.4, -0.2) is 48.9 Å². The predicted molar refractivity (Wildman–Crippen MR) is 87.3 cm³/mol. The molecule has 1 heterocycles. The SMILES string of the molecule is C[C@@H]1N[C@H](C(=O)N(C)CC#N)C[C@@H]1C(=O)NCC1CCCCC1. The van der Waals surface area contributed by atoms with Gasteiger partial charge in [-0.2, -0.15) is 5.26 Å². The molecule has 2 rings (SSSR count). The molecule has 1 aliphatic heterocycles. The van der Waals surface area contributed by atoms with Crippen molar-refractivity contribution < 1.29 is 9.59 Å². The van der Waals surface area contributed by atoms with Gasteiger partial charge in [0.15, 0.2) is 0 Å². The lowest BCUT2D eigenvalue weighted by molar-refractivity contribution is -0.131. The molecular weight excluding hydrogens is 292 g/mol. The standard InChI is InChI=1S/C17H28N4O2/c1-12-14(10-15(20-12)17(23)21(2)9-8-18)16(22)19-11-13-6-4-3-5-7-13/h12-15,20H,3-7,9-11H2,1-2H3,(H,19,22)/t12-,14-,15-/m0/s1. The average molecular weight is 320 g/mol. The summed E-state index contributed by atoms with van der Waals surface area (Å²) in [5.41, 5.74) is 0. The molecule has 1 saturated heterocycles. The van der Waals surface area contributed by atoms with Crippen LogP contribution in [-0.2, 0) is 9.59 Å². The van der Waals surface area contributed by atoms with Gasteiger partial charge in [0.1, 0.15) is 6.54 Å². The van der Waals surface area contributed by atoms with Crippen LogP contribution in [0.5, 0.6) is 0 Å². The Kier molecular flexibility index (Phi) is 6.40. The van der Waals surface area contributed by atoms with Crippen LogP contribution < -0.4 is 10.6 Å². The van der Waals surface area contributed by atoms with Gasteiger partial charge in [-0.15, -0.1) is 0 Å². The molecule has 6 nitrogen and oxygen atoms in total. The number of carbonyl (C=O) groups is 2. The van der Waals surface area contributed by atoms with E-state index >= 15 is 0 Å². The zero-order valence-corrected chi connectivity index (χ0v) is 14.2. The molecule has 128 valence electrons. The molecule has 0 aromatic carbocycles. The molecule has 0 aromatic heterocycles. The van der Waals surface area contributed by atoms with Gasteiger partial charge in [-0.05, 0) is 32.1 Å². The van der Waals surface area contributed by atoms with Gasteiger partial charge in [0.2, 0.25) is 11.8 Å². The summed E-state index contributed by atoms with van der Waals surface area (Å²) in [6.07, 6.45) is 6.77. The number of hydrogen-bond acceptors (Lipinski definition) is 4. The van der Waals surface area contributed by atoms with E-state index in [1.807, 2.05) is 13.0 Å². The molecule has 2 amide bonds. The van der Waals surface area contributed by atoms with Crippen LogP contribution >= 0.6 is 0 Å². The summed E-state index contributed by atoms with van der Waals surface area (Å²) in [6.45, 7) is 2.78. The Labute approximate surface area is 138 Å². The fraction of sp³-hybridized carbons (Fsp3) is 0.824. The number of nitrogens with one attached hydrogen (secondary N) is 2. The molecule has 0 bridgehead atoms. The second-order valence-corrected chi connectivity index (χ2v) is 6.95. The molecule has 0 radical (unpaired) electrons. The van der Waals surface area contributed by atoms with E-state index in [2.05, 4.69) is 10.6 Å². The highest BCUT2D eigenvalue weighted by atomic mass is 16.2. The molecule has 1 saturated carbocycles. The van der Waals surface area contributed by atoms with Gasteiger partial charge in [-0.1, -0.05) is 19.3 Å². The molecule has 0 aromatic rings. The first-order chi connectivity index (χ1) is 11.0. The third kappa shape index (κ3) is 4.68. The monoisotopic (exact) mass is 320 g/mol. The number of amides is 2. The Morgan fingerprint density at radius 1 is 1.30 bits per heavy atom. The lowest BCUT2D eigenvalue weighted by atomic mass is 9.89. The minimum atomic E-state index is -0.367. The molecule has 23 heavy (non-hydrogen) atoms. The average Bonchev–Trinajstić information content (AvgIpc) is 2.95.